The highest BCUT2D eigenvalue weighted by molar-refractivity contribution is 5.91. The second-order valence-electron chi connectivity index (χ2n) is 4.57. The Kier molecular flexibility index (Phi) is 2.95. The van der Waals surface area contributed by atoms with Gasteiger partial charge in [0.05, 0.1) is 11.2 Å². The van der Waals surface area contributed by atoms with Crippen LogP contribution >= 0.6 is 0 Å². The van der Waals surface area contributed by atoms with Gasteiger partial charge in [0.15, 0.2) is 0 Å². The summed E-state index contributed by atoms with van der Waals surface area (Å²) in [5.41, 5.74) is 3.48. The van der Waals surface area contributed by atoms with E-state index in [9.17, 15) is 0 Å². The predicted octanol–water partition coefficient (Wildman–Crippen LogP) is 3.50. The second kappa shape index (κ2) is 4.76. The second-order valence-corrected chi connectivity index (χ2v) is 4.57. The van der Waals surface area contributed by atoms with E-state index in [2.05, 4.69) is 65.2 Å². The van der Waals surface area contributed by atoms with Crippen LogP contribution in [0.2, 0.25) is 0 Å². The predicted molar refractivity (Wildman–Crippen MR) is 79.4 cm³/mol. The van der Waals surface area contributed by atoms with Crippen molar-refractivity contribution in [2.45, 2.75) is 13.3 Å². The van der Waals surface area contributed by atoms with Gasteiger partial charge in [-0.15, -0.1) is 0 Å². The summed E-state index contributed by atoms with van der Waals surface area (Å²) in [5.74, 6) is 0. The summed E-state index contributed by atoms with van der Waals surface area (Å²) in [7, 11) is 2.08. The van der Waals surface area contributed by atoms with Gasteiger partial charge in [-0.25, -0.2) is 0 Å². The van der Waals surface area contributed by atoms with Gasteiger partial charge >= 0.3 is 0 Å². The normalized spacial score (nSPS) is 10.8. The molecule has 19 heavy (non-hydrogen) atoms. The number of pyridine rings is 1. The van der Waals surface area contributed by atoms with Crippen molar-refractivity contribution in [2.24, 2.45) is 0 Å². The van der Waals surface area contributed by atoms with Gasteiger partial charge in [-0.3, -0.25) is 14.7 Å². The summed E-state index contributed by atoms with van der Waals surface area (Å²) in [4.78, 5) is 4.41. The van der Waals surface area contributed by atoms with Gasteiger partial charge in [0, 0.05) is 30.5 Å². The first-order valence-electron chi connectivity index (χ1n) is 6.55. The third kappa shape index (κ3) is 1.97. The number of para-hydroxylation sites is 1. The first kappa shape index (κ1) is 11.8. The van der Waals surface area contributed by atoms with Crippen molar-refractivity contribution in [1.82, 2.24) is 9.66 Å². The van der Waals surface area contributed by atoms with Crippen molar-refractivity contribution in [3.63, 3.8) is 0 Å². The minimum atomic E-state index is 1.01. The highest BCUT2D eigenvalue weighted by Gasteiger charge is 2.09. The molecular formula is C16H17N3. The van der Waals surface area contributed by atoms with E-state index < -0.39 is 0 Å². The number of nitrogens with zero attached hydrogens (tertiary/aromatic N) is 3. The number of hydrogen-bond donors (Lipinski definition) is 0. The third-order valence-electron chi connectivity index (χ3n) is 3.47. The van der Waals surface area contributed by atoms with Crippen molar-refractivity contribution in [3.05, 3.63) is 60.6 Å². The molecule has 0 saturated carbocycles. The summed E-state index contributed by atoms with van der Waals surface area (Å²) in [6.45, 7) is 2.17. The summed E-state index contributed by atoms with van der Waals surface area (Å²) in [6.07, 6.45) is 4.97. The van der Waals surface area contributed by atoms with Gasteiger partial charge in [0.1, 0.15) is 0 Å². The molecule has 2 heterocycles. The molecule has 96 valence electrons. The van der Waals surface area contributed by atoms with Crippen LogP contribution in [0.5, 0.6) is 0 Å². The molecule has 0 aliphatic rings. The molecule has 0 aliphatic carbocycles. The molecule has 1 aromatic carbocycles. The monoisotopic (exact) mass is 251 g/mol. The fourth-order valence-corrected chi connectivity index (χ4v) is 2.46. The molecule has 0 spiro atoms. The molecule has 3 heteroatoms. The molecule has 0 amide bonds. The highest BCUT2D eigenvalue weighted by Crippen LogP contribution is 2.25. The van der Waals surface area contributed by atoms with Gasteiger partial charge < -0.3 is 0 Å². The van der Waals surface area contributed by atoms with Crippen LogP contribution in [0.1, 0.15) is 12.6 Å². The summed E-state index contributed by atoms with van der Waals surface area (Å²) in [5, 5.41) is 3.34. The van der Waals surface area contributed by atoms with E-state index in [-0.39, 0.29) is 0 Å². The lowest BCUT2D eigenvalue weighted by atomic mass is 10.2. The molecule has 0 N–H and O–H groups in total. The number of aryl methyl sites for hydroxylation is 1. The van der Waals surface area contributed by atoms with Crippen molar-refractivity contribution < 1.29 is 0 Å². The lowest BCUT2D eigenvalue weighted by Gasteiger charge is -2.24. The van der Waals surface area contributed by atoms with Gasteiger partial charge in [-0.1, -0.05) is 25.1 Å². The molecular weight excluding hydrogens is 234 g/mol. The summed E-state index contributed by atoms with van der Waals surface area (Å²) >= 11 is 0. The van der Waals surface area contributed by atoms with Crippen molar-refractivity contribution >= 4 is 16.6 Å². The standard InChI is InChI=1S/C16H17N3/c1-3-13-7-6-12-19(13)18(2)16-10-11-17-15-9-5-4-8-14(15)16/h4-12H,3H2,1-2H3. The Morgan fingerprint density at radius 3 is 2.79 bits per heavy atom. The molecule has 3 nitrogen and oxygen atoms in total. The number of fused-ring (bicyclic) bond motifs is 1. The van der Waals surface area contributed by atoms with E-state index in [4.69, 9.17) is 0 Å². The Morgan fingerprint density at radius 1 is 1.11 bits per heavy atom. The van der Waals surface area contributed by atoms with Crippen LogP contribution in [0, 0.1) is 0 Å². The van der Waals surface area contributed by atoms with Gasteiger partial charge in [-0.05, 0) is 30.7 Å². The molecule has 2 aromatic heterocycles. The van der Waals surface area contributed by atoms with Crippen molar-refractivity contribution in [1.29, 1.82) is 0 Å². The molecule has 0 fully saturated rings. The van der Waals surface area contributed by atoms with E-state index in [0.717, 1.165) is 17.6 Å². The Morgan fingerprint density at radius 2 is 1.95 bits per heavy atom. The molecule has 0 radical (unpaired) electrons. The maximum absolute atomic E-state index is 4.41. The zero-order valence-electron chi connectivity index (χ0n) is 11.2. The average molecular weight is 251 g/mol. The number of rotatable bonds is 3. The number of aromatic nitrogens is 2. The van der Waals surface area contributed by atoms with Crippen LogP contribution in [0.4, 0.5) is 5.69 Å². The highest BCUT2D eigenvalue weighted by atomic mass is 15.5. The van der Waals surface area contributed by atoms with Crippen LogP contribution in [-0.4, -0.2) is 16.7 Å². The lowest BCUT2D eigenvalue weighted by Crippen LogP contribution is -2.25. The largest absolute Gasteiger partial charge is 0.284 e. The maximum atomic E-state index is 4.41. The SMILES string of the molecule is CCc1cccn1N(C)c1ccnc2ccccc12. The zero-order chi connectivity index (χ0) is 13.2. The minimum absolute atomic E-state index is 1.01. The Hall–Kier alpha value is -2.29. The van der Waals surface area contributed by atoms with Gasteiger partial charge in [-0.2, -0.15) is 0 Å². The van der Waals surface area contributed by atoms with Gasteiger partial charge in [0.25, 0.3) is 0 Å². The van der Waals surface area contributed by atoms with Crippen LogP contribution in [-0.2, 0) is 6.42 Å². The molecule has 0 bridgehead atoms. The van der Waals surface area contributed by atoms with Crippen LogP contribution < -0.4 is 5.01 Å². The Balaban J connectivity index is 2.14. The minimum Gasteiger partial charge on any atom is -0.284 e. The van der Waals surface area contributed by atoms with E-state index in [1.165, 1.54) is 11.1 Å². The fraction of sp³-hybridized carbons (Fsp3) is 0.188. The topological polar surface area (TPSA) is 21.1 Å². The van der Waals surface area contributed by atoms with E-state index in [1.54, 1.807) is 0 Å². The van der Waals surface area contributed by atoms with Crippen molar-refractivity contribution in [3.8, 4) is 0 Å². The van der Waals surface area contributed by atoms with Crippen LogP contribution in [0.25, 0.3) is 10.9 Å². The molecule has 0 atom stereocenters. The van der Waals surface area contributed by atoms with Crippen LogP contribution in [0.15, 0.2) is 54.9 Å². The summed E-state index contributed by atoms with van der Waals surface area (Å²) in [6, 6.07) is 14.5. The van der Waals surface area contributed by atoms with Crippen LogP contribution in [0.3, 0.4) is 0 Å². The quantitative estimate of drug-likeness (QED) is 0.710. The van der Waals surface area contributed by atoms with E-state index in [1.807, 2.05) is 18.3 Å². The summed E-state index contributed by atoms with van der Waals surface area (Å²) < 4.78 is 2.18. The molecule has 0 aliphatic heterocycles. The Labute approximate surface area is 113 Å². The number of benzene rings is 1. The number of anilines is 1. The van der Waals surface area contributed by atoms with Crippen molar-refractivity contribution in [2.75, 3.05) is 12.1 Å². The molecule has 3 aromatic rings. The zero-order valence-corrected chi connectivity index (χ0v) is 11.2. The smallest absolute Gasteiger partial charge is 0.0723 e. The first-order chi connectivity index (χ1) is 9.31. The Bertz CT molecular complexity index is 695. The lowest BCUT2D eigenvalue weighted by molar-refractivity contribution is 0.734. The van der Waals surface area contributed by atoms with E-state index >= 15 is 0 Å². The molecule has 0 saturated heterocycles. The van der Waals surface area contributed by atoms with Gasteiger partial charge in [0.2, 0.25) is 0 Å². The maximum Gasteiger partial charge on any atom is 0.0723 e. The molecule has 3 rings (SSSR count). The fourth-order valence-electron chi connectivity index (χ4n) is 2.46. The van der Waals surface area contributed by atoms with E-state index in [0.29, 0.717) is 0 Å². The molecule has 0 unspecified atom stereocenters. The third-order valence-corrected chi connectivity index (χ3v) is 3.47. The number of hydrogen-bond acceptors (Lipinski definition) is 2. The first-order valence-corrected chi connectivity index (χ1v) is 6.55. The average Bonchev–Trinajstić information content (AvgIpc) is 2.94.